The summed E-state index contributed by atoms with van der Waals surface area (Å²) in [5, 5.41) is 2.87. The summed E-state index contributed by atoms with van der Waals surface area (Å²) >= 11 is 0. The number of nitrogens with zero attached hydrogens (tertiary/aromatic N) is 1. The van der Waals surface area contributed by atoms with E-state index in [1.165, 1.54) is 12.6 Å². The van der Waals surface area contributed by atoms with Crippen molar-refractivity contribution in [3.05, 3.63) is 27.9 Å². The third-order valence-electron chi connectivity index (χ3n) is 4.22. The second-order valence-corrected chi connectivity index (χ2v) is 5.32. The van der Waals surface area contributed by atoms with E-state index in [0.717, 1.165) is 19.3 Å². The first kappa shape index (κ1) is 13.8. The van der Waals surface area contributed by atoms with E-state index < -0.39 is 0 Å². The summed E-state index contributed by atoms with van der Waals surface area (Å²) in [7, 11) is 0. The van der Waals surface area contributed by atoms with E-state index in [2.05, 4.69) is 22.2 Å². The fourth-order valence-corrected chi connectivity index (χ4v) is 2.47. The number of carbonyl (C=O) groups excluding carboxylic acids is 1. The maximum atomic E-state index is 12.0. The number of aryl methyl sites for hydroxylation is 1. The maximum absolute atomic E-state index is 12.0. The number of amides is 1. The number of H-pyrrole nitrogens is 1. The van der Waals surface area contributed by atoms with Gasteiger partial charge >= 0.3 is 0 Å². The Kier molecular flexibility index (Phi) is 4.02. The average molecular weight is 263 g/mol. The lowest BCUT2D eigenvalue weighted by Crippen LogP contribution is -2.42. The number of hydrogen-bond donors (Lipinski definition) is 2. The van der Waals surface area contributed by atoms with Gasteiger partial charge in [-0.2, -0.15) is 0 Å². The molecule has 1 aliphatic carbocycles. The zero-order valence-electron chi connectivity index (χ0n) is 11.6. The Hall–Kier alpha value is -1.65. The number of aromatic amines is 1. The summed E-state index contributed by atoms with van der Waals surface area (Å²) in [6.45, 7) is 4.70. The molecule has 0 aromatic carbocycles. The van der Waals surface area contributed by atoms with E-state index in [9.17, 15) is 9.59 Å². The molecule has 0 atom stereocenters. The third kappa shape index (κ3) is 2.85. The smallest absolute Gasteiger partial charge is 0.263 e. The Balaban J connectivity index is 2.02. The predicted octanol–water partition coefficient (Wildman–Crippen LogP) is 1.64. The Bertz CT molecular complexity index is 512. The monoisotopic (exact) mass is 263 g/mol. The predicted molar refractivity (Wildman–Crippen MR) is 73.1 cm³/mol. The van der Waals surface area contributed by atoms with Crippen molar-refractivity contribution < 1.29 is 4.79 Å². The quantitative estimate of drug-likeness (QED) is 0.848. The second-order valence-electron chi connectivity index (χ2n) is 5.32. The van der Waals surface area contributed by atoms with Crippen molar-refractivity contribution in [2.45, 2.75) is 46.0 Å². The van der Waals surface area contributed by atoms with E-state index in [1.807, 2.05) is 6.92 Å². The normalized spacial score (nSPS) is 16.7. The van der Waals surface area contributed by atoms with Gasteiger partial charge in [0.25, 0.3) is 11.5 Å². The first-order chi connectivity index (χ1) is 9.10. The van der Waals surface area contributed by atoms with Gasteiger partial charge in [0.15, 0.2) is 0 Å². The summed E-state index contributed by atoms with van der Waals surface area (Å²) in [6.07, 6.45) is 6.64. The summed E-state index contributed by atoms with van der Waals surface area (Å²) in [5.41, 5.74) is -0.00885. The molecular weight excluding hydrogens is 242 g/mol. The van der Waals surface area contributed by atoms with Crippen LogP contribution in [0.5, 0.6) is 0 Å². The first-order valence-electron chi connectivity index (χ1n) is 6.96. The molecule has 1 heterocycles. The fourth-order valence-electron chi connectivity index (χ4n) is 2.47. The van der Waals surface area contributed by atoms with Crippen LogP contribution >= 0.6 is 0 Å². The topological polar surface area (TPSA) is 74.8 Å². The number of aromatic nitrogens is 2. The number of rotatable bonds is 5. The van der Waals surface area contributed by atoms with Gasteiger partial charge in [0.2, 0.25) is 0 Å². The van der Waals surface area contributed by atoms with E-state index in [-0.39, 0.29) is 22.4 Å². The highest BCUT2D eigenvalue weighted by Gasteiger charge is 2.35. The minimum absolute atomic E-state index is 0.0998. The van der Waals surface area contributed by atoms with Gasteiger partial charge in [0, 0.05) is 19.2 Å². The van der Waals surface area contributed by atoms with Crippen LogP contribution in [0, 0.1) is 5.41 Å². The third-order valence-corrected chi connectivity index (χ3v) is 4.22. The Morgan fingerprint density at radius 2 is 2.21 bits per heavy atom. The summed E-state index contributed by atoms with van der Waals surface area (Å²) in [4.78, 5) is 30.4. The highest BCUT2D eigenvalue weighted by atomic mass is 16.2. The molecule has 19 heavy (non-hydrogen) atoms. The molecule has 1 aromatic heterocycles. The first-order valence-corrected chi connectivity index (χ1v) is 6.96. The van der Waals surface area contributed by atoms with Crippen LogP contribution in [0.4, 0.5) is 0 Å². The lowest BCUT2D eigenvalue weighted by molar-refractivity contribution is 0.0848. The number of hydrogen-bond acceptors (Lipinski definition) is 3. The summed E-state index contributed by atoms with van der Waals surface area (Å²) in [5.74, 6) is 0.279. The summed E-state index contributed by atoms with van der Waals surface area (Å²) in [6, 6.07) is 0. The molecule has 1 saturated carbocycles. The van der Waals surface area contributed by atoms with E-state index in [4.69, 9.17) is 0 Å². The molecule has 2 rings (SSSR count). The molecule has 1 aliphatic rings. The van der Waals surface area contributed by atoms with Crippen LogP contribution < -0.4 is 10.9 Å². The van der Waals surface area contributed by atoms with E-state index >= 15 is 0 Å². The fraction of sp³-hybridized carbons (Fsp3) is 0.643. The Labute approximate surface area is 112 Å². The molecule has 1 aromatic rings. The molecule has 0 radical (unpaired) electrons. The van der Waals surface area contributed by atoms with Crippen molar-refractivity contribution in [3.63, 3.8) is 0 Å². The second kappa shape index (κ2) is 5.55. The molecule has 0 bridgehead atoms. The molecular formula is C14H21N3O2. The molecule has 0 aliphatic heterocycles. The van der Waals surface area contributed by atoms with E-state index in [1.54, 1.807) is 0 Å². The maximum Gasteiger partial charge on any atom is 0.263 e. The molecule has 104 valence electrons. The van der Waals surface area contributed by atoms with Crippen molar-refractivity contribution in [3.8, 4) is 0 Å². The van der Waals surface area contributed by atoms with E-state index in [0.29, 0.717) is 18.8 Å². The van der Waals surface area contributed by atoms with Crippen LogP contribution in [0.15, 0.2) is 11.0 Å². The van der Waals surface area contributed by atoms with Crippen LogP contribution in [0.3, 0.4) is 0 Å². The lowest BCUT2D eigenvalue weighted by Gasteiger charge is -2.41. The van der Waals surface area contributed by atoms with Gasteiger partial charge in [-0.15, -0.1) is 0 Å². The largest absolute Gasteiger partial charge is 0.351 e. The standard InChI is InChI=1S/C14H21N3O2/c1-3-11-15-8-10(13(19)17-11)12(18)16-9-14(4-2)6-5-7-14/h8H,3-7,9H2,1-2H3,(H,16,18)(H,15,17,19). The zero-order chi connectivity index (χ0) is 13.9. The highest BCUT2D eigenvalue weighted by Crippen LogP contribution is 2.43. The molecule has 0 spiro atoms. The van der Waals surface area contributed by atoms with Crippen LogP contribution in [-0.2, 0) is 6.42 Å². The van der Waals surface area contributed by atoms with Crippen LogP contribution in [-0.4, -0.2) is 22.4 Å². The minimum atomic E-state index is -0.358. The molecule has 5 nitrogen and oxygen atoms in total. The number of nitrogens with one attached hydrogen (secondary N) is 2. The summed E-state index contributed by atoms with van der Waals surface area (Å²) < 4.78 is 0. The Morgan fingerprint density at radius 3 is 2.68 bits per heavy atom. The average Bonchev–Trinajstić information content (AvgIpc) is 2.37. The molecule has 2 N–H and O–H groups in total. The highest BCUT2D eigenvalue weighted by molar-refractivity contribution is 5.93. The van der Waals surface area contributed by atoms with Crippen molar-refractivity contribution in [1.82, 2.24) is 15.3 Å². The van der Waals surface area contributed by atoms with Gasteiger partial charge in [-0.25, -0.2) is 4.98 Å². The zero-order valence-corrected chi connectivity index (χ0v) is 11.6. The van der Waals surface area contributed by atoms with Gasteiger partial charge in [0.05, 0.1) is 0 Å². The molecule has 5 heteroatoms. The minimum Gasteiger partial charge on any atom is -0.351 e. The van der Waals surface area contributed by atoms with Crippen LogP contribution in [0.2, 0.25) is 0 Å². The number of carbonyl (C=O) groups is 1. The van der Waals surface area contributed by atoms with Gasteiger partial charge < -0.3 is 10.3 Å². The lowest BCUT2D eigenvalue weighted by atomic mass is 9.67. The van der Waals surface area contributed by atoms with Crippen LogP contribution in [0.1, 0.15) is 55.7 Å². The van der Waals surface area contributed by atoms with Crippen molar-refractivity contribution >= 4 is 5.91 Å². The van der Waals surface area contributed by atoms with Crippen LogP contribution in [0.25, 0.3) is 0 Å². The van der Waals surface area contributed by atoms with Gasteiger partial charge in [-0.3, -0.25) is 9.59 Å². The molecule has 0 unspecified atom stereocenters. The molecule has 1 amide bonds. The SMILES string of the molecule is CCc1ncc(C(=O)NCC2(CC)CCC2)c(=O)[nH]1. The molecule has 0 saturated heterocycles. The van der Waals surface area contributed by atoms with Crippen molar-refractivity contribution in [1.29, 1.82) is 0 Å². The van der Waals surface area contributed by atoms with Gasteiger partial charge in [-0.1, -0.05) is 20.3 Å². The Morgan fingerprint density at radius 1 is 1.47 bits per heavy atom. The van der Waals surface area contributed by atoms with Gasteiger partial charge in [-0.05, 0) is 24.7 Å². The van der Waals surface area contributed by atoms with Crippen molar-refractivity contribution in [2.24, 2.45) is 5.41 Å². The van der Waals surface area contributed by atoms with Gasteiger partial charge in [0.1, 0.15) is 11.4 Å². The molecule has 1 fully saturated rings. The van der Waals surface area contributed by atoms with Crippen molar-refractivity contribution in [2.75, 3.05) is 6.54 Å².